The van der Waals surface area contributed by atoms with Crippen LogP contribution in [0.2, 0.25) is 0 Å². The van der Waals surface area contributed by atoms with Gasteiger partial charge < -0.3 is 9.64 Å². The van der Waals surface area contributed by atoms with Crippen LogP contribution in [0.5, 0.6) is 0 Å². The highest BCUT2D eigenvalue weighted by Gasteiger charge is 2.29. The summed E-state index contributed by atoms with van der Waals surface area (Å²) in [6, 6.07) is 6.04. The van der Waals surface area contributed by atoms with Gasteiger partial charge in [0.25, 0.3) is 0 Å². The Morgan fingerprint density at radius 3 is 2.71 bits per heavy atom. The summed E-state index contributed by atoms with van der Waals surface area (Å²) in [4.78, 5) is 2.28. The van der Waals surface area contributed by atoms with E-state index >= 15 is 0 Å². The average molecular weight is 311 g/mol. The lowest BCUT2D eigenvalue weighted by Gasteiger charge is -2.29. The first-order valence-corrected chi connectivity index (χ1v) is 8.79. The van der Waals surface area contributed by atoms with Gasteiger partial charge in [-0.1, -0.05) is 6.92 Å². The fourth-order valence-electron chi connectivity index (χ4n) is 2.89. The van der Waals surface area contributed by atoms with Crippen LogP contribution >= 0.6 is 0 Å². The van der Waals surface area contributed by atoms with Crippen molar-refractivity contribution in [1.82, 2.24) is 4.72 Å². The number of hydrogen-bond acceptors (Lipinski definition) is 4. The summed E-state index contributed by atoms with van der Waals surface area (Å²) in [5, 5.41) is 0. The van der Waals surface area contributed by atoms with Gasteiger partial charge in [-0.05, 0) is 30.2 Å². The molecule has 1 aromatic carbocycles. The molecule has 116 valence electrons. The molecular formula is C14H21N3O3S. The Kier molecular flexibility index (Phi) is 4.05. The average Bonchev–Trinajstić information content (AvgIpc) is 2.92. The molecule has 0 aromatic heterocycles. The summed E-state index contributed by atoms with van der Waals surface area (Å²) in [6.45, 7) is 5.97. The molecule has 0 radical (unpaired) electrons. The molecular weight excluding hydrogens is 290 g/mol. The third-order valence-corrected chi connectivity index (χ3v) is 5.52. The minimum Gasteiger partial charge on any atom is -0.378 e. The fourth-order valence-corrected chi connectivity index (χ4v) is 4.18. The summed E-state index contributed by atoms with van der Waals surface area (Å²) >= 11 is 0. The van der Waals surface area contributed by atoms with Crippen LogP contribution in [0.3, 0.4) is 0 Å². The van der Waals surface area contributed by atoms with E-state index in [0.717, 1.165) is 49.7 Å². The van der Waals surface area contributed by atoms with Gasteiger partial charge in [0.1, 0.15) is 0 Å². The maximum Gasteiger partial charge on any atom is 0.301 e. The van der Waals surface area contributed by atoms with E-state index in [0.29, 0.717) is 13.1 Å². The van der Waals surface area contributed by atoms with Crippen LogP contribution in [0, 0.1) is 0 Å². The highest BCUT2D eigenvalue weighted by molar-refractivity contribution is 7.90. The zero-order valence-electron chi connectivity index (χ0n) is 12.2. The minimum atomic E-state index is -3.41. The van der Waals surface area contributed by atoms with E-state index in [1.54, 1.807) is 6.92 Å². The van der Waals surface area contributed by atoms with Gasteiger partial charge in [-0.25, -0.2) is 0 Å². The first-order chi connectivity index (χ1) is 10.1. The number of ether oxygens (including phenoxy) is 1. The van der Waals surface area contributed by atoms with Gasteiger partial charge in [-0.15, -0.1) is 0 Å². The van der Waals surface area contributed by atoms with E-state index in [-0.39, 0.29) is 0 Å². The monoisotopic (exact) mass is 311 g/mol. The second-order valence-electron chi connectivity index (χ2n) is 5.24. The van der Waals surface area contributed by atoms with Crippen LogP contribution in [0.15, 0.2) is 18.2 Å². The van der Waals surface area contributed by atoms with Gasteiger partial charge in [0.15, 0.2) is 0 Å². The molecule has 2 aliphatic rings. The molecule has 1 aromatic rings. The minimum absolute atomic E-state index is 0.403. The summed E-state index contributed by atoms with van der Waals surface area (Å²) in [5.41, 5.74) is 3.05. The van der Waals surface area contributed by atoms with Crippen molar-refractivity contribution >= 4 is 21.6 Å². The molecule has 1 fully saturated rings. The molecule has 1 N–H and O–H groups in total. The molecule has 21 heavy (non-hydrogen) atoms. The van der Waals surface area contributed by atoms with Gasteiger partial charge >= 0.3 is 10.2 Å². The number of fused-ring (bicyclic) bond motifs is 1. The molecule has 0 spiro atoms. The largest absolute Gasteiger partial charge is 0.378 e. The Labute approximate surface area is 125 Å². The van der Waals surface area contributed by atoms with Crippen LogP contribution < -0.4 is 13.9 Å². The zero-order valence-corrected chi connectivity index (χ0v) is 13.0. The van der Waals surface area contributed by atoms with Crippen LogP contribution in [-0.4, -0.2) is 47.8 Å². The van der Waals surface area contributed by atoms with Crippen molar-refractivity contribution in [2.45, 2.75) is 13.3 Å². The third kappa shape index (κ3) is 2.86. The number of nitrogens with zero attached hydrogens (tertiary/aromatic N) is 2. The van der Waals surface area contributed by atoms with E-state index in [1.165, 1.54) is 4.31 Å². The van der Waals surface area contributed by atoms with Crippen molar-refractivity contribution in [2.75, 3.05) is 48.6 Å². The van der Waals surface area contributed by atoms with Gasteiger partial charge in [0.05, 0.1) is 18.9 Å². The van der Waals surface area contributed by atoms with Crippen LogP contribution in [0.25, 0.3) is 0 Å². The lowest BCUT2D eigenvalue weighted by molar-refractivity contribution is 0.122. The molecule has 0 aliphatic carbocycles. The first-order valence-electron chi connectivity index (χ1n) is 7.35. The molecule has 0 atom stereocenters. The Morgan fingerprint density at radius 1 is 1.24 bits per heavy atom. The van der Waals surface area contributed by atoms with Crippen molar-refractivity contribution in [3.63, 3.8) is 0 Å². The predicted molar refractivity (Wildman–Crippen MR) is 83.1 cm³/mol. The van der Waals surface area contributed by atoms with Gasteiger partial charge in [-0.2, -0.15) is 13.1 Å². The molecule has 0 unspecified atom stereocenters. The summed E-state index contributed by atoms with van der Waals surface area (Å²) in [5.74, 6) is 0. The lowest BCUT2D eigenvalue weighted by Crippen LogP contribution is -2.39. The smallest absolute Gasteiger partial charge is 0.301 e. The normalized spacial score (nSPS) is 18.9. The molecule has 3 rings (SSSR count). The van der Waals surface area contributed by atoms with E-state index in [2.05, 4.69) is 15.7 Å². The summed E-state index contributed by atoms with van der Waals surface area (Å²) in [6.07, 6.45) is 0.762. The maximum absolute atomic E-state index is 12.2. The summed E-state index contributed by atoms with van der Waals surface area (Å²) < 4.78 is 33.7. The molecule has 6 nitrogen and oxygen atoms in total. The molecule has 0 bridgehead atoms. The molecule has 2 aliphatic heterocycles. The first kappa shape index (κ1) is 14.6. The van der Waals surface area contributed by atoms with E-state index in [9.17, 15) is 8.42 Å². The van der Waals surface area contributed by atoms with Crippen molar-refractivity contribution in [2.24, 2.45) is 0 Å². The SMILES string of the molecule is CCNS(=O)(=O)N1CCc2cc(N3CCOCC3)ccc21. The van der Waals surface area contributed by atoms with Crippen LogP contribution in [0.1, 0.15) is 12.5 Å². The fraction of sp³-hybridized carbons (Fsp3) is 0.571. The maximum atomic E-state index is 12.2. The summed E-state index contributed by atoms with van der Waals surface area (Å²) in [7, 11) is -3.41. The standard InChI is InChI=1S/C14H21N3O3S/c1-2-15-21(18,19)17-6-5-12-11-13(3-4-14(12)17)16-7-9-20-10-8-16/h3-4,11,15H,2,5-10H2,1H3. The van der Waals surface area contributed by atoms with E-state index in [4.69, 9.17) is 4.74 Å². The quantitative estimate of drug-likeness (QED) is 0.891. The lowest BCUT2D eigenvalue weighted by atomic mass is 10.1. The highest BCUT2D eigenvalue weighted by atomic mass is 32.2. The zero-order chi connectivity index (χ0) is 14.9. The molecule has 0 saturated carbocycles. The number of morpholine rings is 1. The number of rotatable bonds is 4. The Bertz CT molecular complexity index is 612. The number of hydrogen-bond donors (Lipinski definition) is 1. The van der Waals surface area contributed by atoms with Gasteiger partial charge in [0.2, 0.25) is 0 Å². The highest BCUT2D eigenvalue weighted by Crippen LogP contribution is 2.33. The van der Waals surface area contributed by atoms with Gasteiger partial charge in [0, 0.05) is 31.9 Å². The number of nitrogens with one attached hydrogen (secondary N) is 1. The van der Waals surface area contributed by atoms with Crippen molar-refractivity contribution in [3.8, 4) is 0 Å². The number of anilines is 2. The molecule has 2 heterocycles. The van der Waals surface area contributed by atoms with Crippen molar-refractivity contribution in [1.29, 1.82) is 0 Å². The van der Waals surface area contributed by atoms with E-state index < -0.39 is 10.2 Å². The topological polar surface area (TPSA) is 61.9 Å². The van der Waals surface area contributed by atoms with Crippen LogP contribution in [0.4, 0.5) is 11.4 Å². The molecule has 1 saturated heterocycles. The Morgan fingerprint density at radius 2 is 2.00 bits per heavy atom. The number of benzene rings is 1. The Balaban J connectivity index is 1.85. The van der Waals surface area contributed by atoms with Crippen molar-refractivity contribution < 1.29 is 13.2 Å². The van der Waals surface area contributed by atoms with Crippen LogP contribution in [-0.2, 0) is 21.4 Å². The molecule has 0 amide bonds. The second kappa shape index (κ2) is 5.82. The third-order valence-electron chi connectivity index (χ3n) is 3.91. The van der Waals surface area contributed by atoms with Crippen molar-refractivity contribution in [3.05, 3.63) is 23.8 Å². The second-order valence-corrected chi connectivity index (χ2v) is 6.92. The predicted octanol–water partition coefficient (Wildman–Crippen LogP) is 0.740. The van der Waals surface area contributed by atoms with Gasteiger partial charge in [-0.3, -0.25) is 4.31 Å². The molecule has 7 heteroatoms. The Hall–Kier alpha value is -1.31. The van der Waals surface area contributed by atoms with E-state index in [1.807, 2.05) is 12.1 Å².